The summed E-state index contributed by atoms with van der Waals surface area (Å²) in [5, 5.41) is 2.72. The lowest BCUT2D eigenvalue weighted by Gasteiger charge is -2.34. The molecule has 0 radical (unpaired) electrons. The molecule has 2 aromatic rings. The van der Waals surface area contributed by atoms with E-state index in [1.54, 1.807) is 49.3 Å². The van der Waals surface area contributed by atoms with E-state index >= 15 is 0 Å². The van der Waals surface area contributed by atoms with Crippen molar-refractivity contribution in [3.8, 4) is 0 Å². The third-order valence-corrected chi connectivity index (χ3v) is 4.19. The van der Waals surface area contributed by atoms with Crippen LogP contribution in [0.15, 0.2) is 30.6 Å². The van der Waals surface area contributed by atoms with Crippen LogP contribution in [0, 0.1) is 6.92 Å². The van der Waals surface area contributed by atoms with Crippen molar-refractivity contribution in [3.63, 3.8) is 0 Å². The van der Waals surface area contributed by atoms with Gasteiger partial charge in [-0.3, -0.25) is 9.78 Å². The molecule has 9 heteroatoms. The van der Waals surface area contributed by atoms with Crippen molar-refractivity contribution in [2.75, 3.05) is 43.0 Å². The maximum absolute atomic E-state index is 12.5. The Labute approximate surface area is 157 Å². The van der Waals surface area contributed by atoms with Crippen LogP contribution in [0.25, 0.3) is 0 Å². The van der Waals surface area contributed by atoms with E-state index in [4.69, 9.17) is 4.74 Å². The highest BCUT2D eigenvalue weighted by molar-refractivity contribution is 6.03. The fourth-order valence-electron chi connectivity index (χ4n) is 2.75. The predicted octanol–water partition coefficient (Wildman–Crippen LogP) is 1.71. The summed E-state index contributed by atoms with van der Waals surface area (Å²) in [6.07, 6.45) is 2.95. The summed E-state index contributed by atoms with van der Waals surface area (Å²) in [4.78, 5) is 40.9. The molecule has 3 rings (SSSR count). The normalized spacial score (nSPS) is 14.0. The maximum Gasteiger partial charge on any atom is 0.409 e. The van der Waals surface area contributed by atoms with Gasteiger partial charge in [-0.2, -0.15) is 0 Å². The van der Waals surface area contributed by atoms with Crippen LogP contribution in [0.4, 0.5) is 16.4 Å². The summed E-state index contributed by atoms with van der Waals surface area (Å²) in [5.41, 5.74) is 0.795. The number of carbonyl (C=O) groups excluding carboxylic acids is 2. The molecule has 9 nitrogen and oxygen atoms in total. The number of nitrogens with one attached hydrogen (secondary N) is 1. The summed E-state index contributed by atoms with van der Waals surface area (Å²) in [5.74, 6) is 0.707. The minimum atomic E-state index is -0.356. The van der Waals surface area contributed by atoms with Gasteiger partial charge in [-0.15, -0.1) is 0 Å². The number of carbonyl (C=O) groups is 2. The monoisotopic (exact) mass is 370 g/mol. The number of anilines is 2. The topological polar surface area (TPSA) is 101 Å². The van der Waals surface area contributed by atoms with Crippen LogP contribution < -0.4 is 10.2 Å². The Bertz CT molecular complexity index is 806. The van der Waals surface area contributed by atoms with Crippen LogP contribution in [-0.2, 0) is 4.74 Å². The molecule has 0 bridgehead atoms. The fraction of sp³-hybridized carbons (Fsp3) is 0.389. The molecule has 3 heterocycles. The van der Waals surface area contributed by atoms with E-state index in [0.29, 0.717) is 50.1 Å². The highest BCUT2D eigenvalue weighted by Crippen LogP contribution is 2.16. The first kappa shape index (κ1) is 18.6. The Hall–Kier alpha value is -3.23. The van der Waals surface area contributed by atoms with Crippen LogP contribution in [0.3, 0.4) is 0 Å². The molecule has 0 unspecified atom stereocenters. The van der Waals surface area contributed by atoms with Crippen molar-refractivity contribution in [2.45, 2.75) is 13.8 Å². The van der Waals surface area contributed by atoms with E-state index in [-0.39, 0.29) is 17.7 Å². The van der Waals surface area contributed by atoms with E-state index in [0.717, 1.165) is 0 Å². The van der Waals surface area contributed by atoms with Gasteiger partial charge in [0.15, 0.2) is 5.69 Å². The zero-order chi connectivity index (χ0) is 19.2. The lowest BCUT2D eigenvalue weighted by atomic mass is 10.3. The van der Waals surface area contributed by atoms with Gasteiger partial charge in [0.05, 0.1) is 18.5 Å². The maximum atomic E-state index is 12.5. The zero-order valence-electron chi connectivity index (χ0n) is 15.4. The van der Waals surface area contributed by atoms with Crippen molar-refractivity contribution in [1.29, 1.82) is 0 Å². The number of aryl methyl sites for hydroxylation is 1. The zero-order valence-corrected chi connectivity index (χ0v) is 15.4. The van der Waals surface area contributed by atoms with Crippen LogP contribution in [0.5, 0.6) is 0 Å². The third kappa shape index (κ3) is 4.49. The first-order valence-electron chi connectivity index (χ1n) is 8.81. The first-order valence-corrected chi connectivity index (χ1v) is 8.81. The summed E-state index contributed by atoms with van der Waals surface area (Å²) < 4.78 is 5.03. The standard InChI is InChI=1S/C18H22N6O3/c1-3-27-18(26)24-10-8-23(9-11-24)15-12-20-13(2)16(22-15)17(25)21-14-6-4-5-7-19-14/h4-7,12H,3,8-11H2,1-2H3,(H,19,21,25). The van der Waals surface area contributed by atoms with E-state index in [1.165, 1.54) is 0 Å². The van der Waals surface area contributed by atoms with Crippen LogP contribution in [-0.4, -0.2) is 64.6 Å². The predicted molar refractivity (Wildman–Crippen MR) is 99.8 cm³/mol. The van der Waals surface area contributed by atoms with Gasteiger partial charge in [-0.05, 0) is 26.0 Å². The molecule has 1 N–H and O–H groups in total. The number of hydrogen-bond donors (Lipinski definition) is 1. The number of nitrogens with zero attached hydrogens (tertiary/aromatic N) is 5. The molecule has 2 aromatic heterocycles. The lowest BCUT2D eigenvalue weighted by Crippen LogP contribution is -2.49. The smallest absolute Gasteiger partial charge is 0.409 e. The molecule has 2 amide bonds. The number of hydrogen-bond acceptors (Lipinski definition) is 7. The molecule has 1 aliphatic rings. The Kier molecular flexibility index (Phi) is 5.80. The van der Waals surface area contributed by atoms with E-state index in [1.807, 2.05) is 4.90 Å². The van der Waals surface area contributed by atoms with Crippen LogP contribution in [0.1, 0.15) is 23.1 Å². The Morgan fingerprint density at radius 3 is 2.63 bits per heavy atom. The average Bonchev–Trinajstić information content (AvgIpc) is 2.69. The SMILES string of the molecule is CCOC(=O)N1CCN(c2cnc(C)c(C(=O)Nc3ccccn3)n2)CC1. The molecule has 0 spiro atoms. The second-order valence-corrected chi connectivity index (χ2v) is 6.00. The largest absolute Gasteiger partial charge is 0.450 e. The molecule has 1 fully saturated rings. The minimum Gasteiger partial charge on any atom is -0.450 e. The van der Waals surface area contributed by atoms with Gasteiger partial charge in [0, 0.05) is 32.4 Å². The van der Waals surface area contributed by atoms with Crippen molar-refractivity contribution < 1.29 is 14.3 Å². The van der Waals surface area contributed by atoms with Crippen molar-refractivity contribution in [3.05, 3.63) is 42.0 Å². The Balaban J connectivity index is 1.69. The molecule has 1 saturated heterocycles. The molecular formula is C18H22N6O3. The van der Waals surface area contributed by atoms with Gasteiger partial charge in [-0.1, -0.05) is 6.07 Å². The van der Waals surface area contributed by atoms with Gasteiger partial charge < -0.3 is 19.9 Å². The molecule has 0 saturated carbocycles. The lowest BCUT2D eigenvalue weighted by molar-refractivity contribution is 0.102. The minimum absolute atomic E-state index is 0.256. The molecule has 27 heavy (non-hydrogen) atoms. The Morgan fingerprint density at radius 1 is 1.19 bits per heavy atom. The number of piperazine rings is 1. The van der Waals surface area contributed by atoms with Gasteiger partial charge >= 0.3 is 6.09 Å². The average molecular weight is 370 g/mol. The number of rotatable bonds is 4. The third-order valence-electron chi connectivity index (χ3n) is 4.19. The van der Waals surface area contributed by atoms with Crippen molar-refractivity contribution >= 4 is 23.6 Å². The van der Waals surface area contributed by atoms with Crippen molar-refractivity contribution in [2.24, 2.45) is 0 Å². The number of amides is 2. The summed E-state index contributed by atoms with van der Waals surface area (Å²) in [6, 6.07) is 5.27. The summed E-state index contributed by atoms with van der Waals surface area (Å²) in [7, 11) is 0. The second-order valence-electron chi connectivity index (χ2n) is 6.00. The molecule has 0 atom stereocenters. The summed E-state index contributed by atoms with van der Waals surface area (Å²) in [6.45, 7) is 6.14. The van der Waals surface area contributed by atoms with E-state index < -0.39 is 0 Å². The molecular weight excluding hydrogens is 348 g/mol. The molecule has 0 aliphatic carbocycles. The molecule has 0 aromatic carbocycles. The van der Waals surface area contributed by atoms with Gasteiger partial charge in [0.1, 0.15) is 11.6 Å². The second kappa shape index (κ2) is 8.43. The first-order chi connectivity index (χ1) is 13.1. The number of aromatic nitrogens is 3. The van der Waals surface area contributed by atoms with Crippen molar-refractivity contribution in [1.82, 2.24) is 19.9 Å². The van der Waals surface area contributed by atoms with Gasteiger partial charge in [-0.25, -0.2) is 14.8 Å². The Morgan fingerprint density at radius 2 is 1.96 bits per heavy atom. The number of ether oxygens (including phenoxy) is 1. The van der Waals surface area contributed by atoms with E-state index in [2.05, 4.69) is 20.3 Å². The highest BCUT2D eigenvalue weighted by Gasteiger charge is 2.24. The van der Waals surface area contributed by atoms with Gasteiger partial charge in [0.2, 0.25) is 0 Å². The van der Waals surface area contributed by atoms with Crippen LogP contribution >= 0.6 is 0 Å². The van der Waals surface area contributed by atoms with Gasteiger partial charge in [0.25, 0.3) is 5.91 Å². The molecule has 142 valence electrons. The summed E-state index contributed by atoms with van der Waals surface area (Å²) >= 11 is 0. The number of pyridine rings is 1. The van der Waals surface area contributed by atoms with Crippen LogP contribution in [0.2, 0.25) is 0 Å². The highest BCUT2D eigenvalue weighted by atomic mass is 16.6. The fourth-order valence-corrected chi connectivity index (χ4v) is 2.75. The quantitative estimate of drug-likeness (QED) is 0.874. The molecule has 1 aliphatic heterocycles. The van der Waals surface area contributed by atoms with E-state index in [9.17, 15) is 9.59 Å².